The number of carbonyl (C=O) groups excluding carboxylic acids is 2. The second-order valence-electron chi connectivity index (χ2n) is 7.56. The van der Waals surface area contributed by atoms with Gasteiger partial charge in [-0.15, -0.1) is 0 Å². The molecule has 4 rings (SSSR count). The number of anilines is 2. The predicted molar refractivity (Wildman–Crippen MR) is 115 cm³/mol. The van der Waals surface area contributed by atoms with Gasteiger partial charge in [-0.25, -0.2) is 0 Å². The van der Waals surface area contributed by atoms with Crippen LogP contribution in [0.1, 0.15) is 44.5 Å². The molecule has 1 N–H and O–H groups in total. The van der Waals surface area contributed by atoms with Crippen LogP contribution in [-0.4, -0.2) is 22.8 Å². The zero-order chi connectivity index (χ0) is 20.5. The summed E-state index contributed by atoms with van der Waals surface area (Å²) < 4.78 is 0. The van der Waals surface area contributed by atoms with E-state index in [0.717, 1.165) is 34.5 Å². The first-order chi connectivity index (χ1) is 13.9. The molecule has 1 aliphatic rings. The van der Waals surface area contributed by atoms with E-state index in [9.17, 15) is 9.59 Å². The summed E-state index contributed by atoms with van der Waals surface area (Å²) in [5, 5.41) is 2.89. The highest BCUT2D eigenvalue weighted by atomic mass is 16.2. The predicted octanol–water partition coefficient (Wildman–Crippen LogP) is 4.54. The molecule has 2 aromatic carbocycles. The summed E-state index contributed by atoms with van der Waals surface area (Å²) in [5.41, 5.74) is 5.61. The van der Waals surface area contributed by atoms with Gasteiger partial charge in [0.1, 0.15) is 5.69 Å². The van der Waals surface area contributed by atoms with Crippen molar-refractivity contribution in [2.75, 3.05) is 10.2 Å². The molecule has 2 amide bonds. The van der Waals surface area contributed by atoms with Crippen molar-refractivity contribution < 1.29 is 9.59 Å². The Kier molecular flexibility index (Phi) is 4.89. The quantitative estimate of drug-likeness (QED) is 0.720. The molecule has 29 heavy (non-hydrogen) atoms. The van der Waals surface area contributed by atoms with E-state index in [1.165, 1.54) is 6.20 Å². The summed E-state index contributed by atoms with van der Waals surface area (Å²) >= 11 is 0. The maximum absolute atomic E-state index is 13.2. The normalized spacial score (nSPS) is 15.1. The first-order valence-electron chi connectivity index (χ1n) is 9.70. The summed E-state index contributed by atoms with van der Waals surface area (Å²) in [5.74, 6) is -0.452. The van der Waals surface area contributed by atoms with E-state index >= 15 is 0 Å². The average molecular weight is 385 g/mol. The molecular formula is C24H23N3O2. The Morgan fingerprint density at radius 3 is 2.66 bits per heavy atom. The Hall–Kier alpha value is -3.47. The van der Waals surface area contributed by atoms with E-state index in [1.54, 1.807) is 17.0 Å². The van der Waals surface area contributed by atoms with Crippen molar-refractivity contribution in [1.82, 2.24) is 4.98 Å². The minimum atomic E-state index is -0.332. The lowest BCUT2D eigenvalue weighted by Gasteiger charge is -2.23. The number of nitrogens with zero attached hydrogens (tertiary/aromatic N) is 2. The molecule has 3 aromatic rings. The standard InChI is InChI=1S/C24H23N3O2/c1-15-8-9-20(16(2)12-15)26-23(28)21-14-19(10-11-25-21)24(29)27-17(3)13-18-6-4-5-7-22(18)27/h4-12,14,17H,13H2,1-3H3,(H,26,28). The van der Waals surface area contributed by atoms with Crippen molar-refractivity contribution in [2.24, 2.45) is 0 Å². The zero-order valence-electron chi connectivity index (χ0n) is 16.8. The van der Waals surface area contributed by atoms with Crippen LogP contribution < -0.4 is 10.2 Å². The molecule has 1 atom stereocenters. The number of aryl methyl sites for hydroxylation is 2. The van der Waals surface area contributed by atoms with E-state index in [4.69, 9.17) is 0 Å². The van der Waals surface area contributed by atoms with Gasteiger partial charge in [-0.2, -0.15) is 0 Å². The van der Waals surface area contributed by atoms with Crippen LogP contribution in [0.5, 0.6) is 0 Å². The Labute approximate surface area is 170 Å². The van der Waals surface area contributed by atoms with Crippen molar-refractivity contribution in [2.45, 2.75) is 33.2 Å². The maximum atomic E-state index is 13.2. The SMILES string of the molecule is Cc1ccc(NC(=O)c2cc(C(=O)N3c4ccccc4CC3C)ccn2)c(C)c1. The second-order valence-corrected chi connectivity index (χ2v) is 7.56. The van der Waals surface area contributed by atoms with E-state index in [0.29, 0.717) is 5.56 Å². The van der Waals surface area contributed by atoms with Crippen LogP contribution >= 0.6 is 0 Å². The topological polar surface area (TPSA) is 62.3 Å². The molecule has 1 aliphatic heterocycles. The molecule has 2 heterocycles. The van der Waals surface area contributed by atoms with Crippen LogP contribution in [-0.2, 0) is 6.42 Å². The largest absolute Gasteiger partial charge is 0.320 e. The molecule has 0 saturated heterocycles. The van der Waals surface area contributed by atoms with Crippen molar-refractivity contribution in [3.8, 4) is 0 Å². The van der Waals surface area contributed by atoms with Gasteiger partial charge in [-0.05, 0) is 62.6 Å². The Bertz CT molecular complexity index is 1110. The number of carbonyl (C=O) groups is 2. The van der Waals surface area contributed by atoms with Crippen LogP contribution in [0.15, 0.2) is 60.8 Å². The zero-order valence-corrected chi connectivity index (χ0v) is 16.8. The highest BCUT2D eigenvalue weighted by Gasteiger charge is 2.31. The molecule has 0 spiro atoms. The van der Waals surface area contributed by atoms with Crippen LogP contribution in [0.2, 0.25) is 0 Å². The molecule has 0 radical (unpaired) electrons. The molecule has 0 fully saturated rings. The number of nitrogens with one attached hydrogen (secondary N) is 1. The summed E-state index contributed by atoms with van der Waals surface area (Å²) in [7, 11) is 0. The van der Waals surface area contributed by atoms with E-state index < -0.39 is 0 Å². The molecule has 5 nitrogen and oxygen atoms in total. The molecule has 1 aromatic heterocycles. The molecule has 1 unspecified atom stereocenters. The monoisotopic (exact) mass is 385 g/mol. The summed E-state index contributed by atoms with van der Waals surface area (Å²) in [6, 6.07) is 17.1. The van der Waals surface area contributed by atoms with Gasteiger partial charge >= 0.3 is 0 Å². The van der Waals surface area contributed by atoms with Gasteiger partial charge in [0.25, 0.3) is 11.8 Å². The number of benzene rings is 2. The molecule has 0 bridgehead atoms. The van der Waals surface area contributed by atoms with Crippen molar-refractivity contribution in [3.63, 3.8) is 0 Å². The van der Waals surface area contributed by atoms with E-state index in [2.05, 4.69) is 16.4 Å². The third kappa shape index (κ3) is 3.63. The number of fused-ring (bicyclic) bond motifs is 1. The van der Waals surface area contributed by atoms with Crippen LogP contribution in [0, 0.1) is 13.8 Å². The number of hydrogen-bond donors (Lipinski definition) is 1. The number of pyridine rings is 1. The average Bonchev–Trinajstić information content (AvgIpc) is 3.05. The summed E-state index contributed by atoms with van der Waals surface area (Å²) in [6.07, 6.45) is 2.34. The summed E-state index contributed by atoms with van der Waals surface area (Å²) in [4.78, 5) is 31.9. The molecule has 0 aliphatic carbocycles. The maximum Gasteiger partial charge on any atom is 0.274 e. The molecule has 146 valence electrons. The lowest BCUT2D eigenvalue weighted by Crippen LogP contribution is -2.35. The second kappa shape index (κ2) is 7.51. The number of amides is 2. The van der Waals surface area contributed by atoms with Crippen molar-refractivity contribution >= 4 is 23.2 Å². The molecule has 0 saturated carbocycles. The first-order valence-corrected chi connectivity index (χ1v) is 9.70. The van der Waals surface area contributed by atoms with Gasteiger partial charge in [-0.1, -0.05) is 35.9 Å². The minimum Gasteiger partial charge on any atom is -0.320 e. The van der Waals surface area contributed by atoms with Crippen LogP contribution in [0.3, 0.4) is 0 Å². The van der Waals surface area contributed by atoms with Crippen LogP contribution in [0.4, 0.5) is 11.4 Å². The van der Waals surface area contributed by atoms with Gasteiger partial charge in [0, 0.05) is 29.2 Å². The van der Waals surface area contributed by atoms with Gasteiger partial charge < -0.3 is 10.2 Å². The third-order valence-electron chi connectivity index (χ3n) is 5.30. The minimum absolute atomic E-state index is 0.0700. The Morgan fingerprint density at radius 1 is 1.07 bits per heavy atom. The van der Waals surface area contributed by atoms with Crippen molar-refractivity contribution in [1.29, 1.82) is 0 Å². The molecular weight excluding hydrogens is 362 g/mol. The molecule has 5 heteroatoms. The van der Waals surface area contributed by atoms with Crippen LogP contribution in [0.25, 0.3) is 0 Å². The van der Waals surface area contributed by atoms with Gasteiger partial charge in [0.15, 0.2) is 0 Å². The highest BCUT2D eigenvalue weighted by molar-refractivity contribution is 6.10. The fourth-order valence-corrected chi connectivity index (χ4v) is 3.84. The number of hydrogen-bond acceptors (Lipinski definition) is 3. The third-order valence-corrected chi connectivity index (χ3v) is 5.30. The van der Waals surface area contributed by atoms with E-state index in [1.807, 2.05) is 57.2 Å². The number of aromatic nitrogens is 1. The summed E-state index contributed by atoms with van der Waals surface area (Å²) in [6.45, 7) is 5.99. The van der Waals surface area contributed by atoms with Gasteiger partial charge in [0.05, 0.1) is 0 Å². The van der Waals surface area contributed by atoms with Gasteiger partial charge in [-0.3, -0.25) is 14.6 Å². The Morgan fingerprint density at radius 2 is 1.86 bits per heavy atom. The lowest BCUT2D eigenvalue weighted by molar-refractivity contribution is 0.0981. The Balaban J connectivity index is 1.59. The van der Waals surface area contributed by atoms with Crippen molar-refractivity contribution in [3.05, 3.63) is 88.7 Å². The first kappa shape index (κ1) is 18.9. The van der Waals surface area contributed by atoms with E-state index in [-0.39, 0.29) is 23.6 Å². The van der Waals surface area contributed by atoms with Gasteiger partial charge in [0.2, 0.25) is 0 Å². The fraction of sp³-hybridized carbons (Fsp3) is 0.208. The number of rotatable bonds is 3. The lowest BCUT2D eigenvalue weighted by atomic mass is 10.1. The smallest absolute Gasteiger partial charge is 0.274 e. The number of para-hydroxylation sites is 1. The fourth-order valence-electron chi connectivity index (χ4n) is 3.84. The highest BCUT2D eigenvalue weighted by Crippen LogP contribution is 2.33.